The molecule has 0 aliphatic carbocycles. The van der Waals surface area contributed by atoms with Crippen molar-refractivity contribution in [3.05, 3.63) is 89.4 Å². The molecule has 0 saturated heterocycles. The van der Waals surface area contributed by atoms with Gasteiger partial charge in [-0.05, 0) is 47.9 Å². The molecule has 0 fully saturated rings. The number of hydroxylamine groups is 1. The predicted molar refractivity (Wildman–Crippen MR) is 145 cm³/mol. The first-order valence-electron chi connectivity index (χ1n) is 12.3. The van der Waals surface area contributed by atoms with E-state index in [1.165, 1.54) is 12.1 Å². The minimum absolute atomic E-state index is 0.190. The summed E-state index contributed by atoms with van der Waals surface area (Å²) < 4.78 is 21.1. The largest absolute Gasteiger partial charge is 0.496 e. The summed E-state index contributed by atoms with van der Waals surface area (Å²) in [6, 6.07) is 20.5. The fourth-order valence-corrected chi connectivity index (χ4v) is 4.74. The monoisotopic (exact) mass is 534 g/mol. The normalized spacial score (nSPS) is 11.6. The number of amides is 1. The maximum Gasteiger partial charge on any atom is 0.251 e. The molecule has 3 aromatic carbocycles. The third-order valence-corrected chi connectivity index (χ3v) is 6.70. The SMILES string of the molecule is COc1cc2ncc3c(c(-c4ccc(C#N)cc4)nn3C)c2cc1CC(C(=O)NOCC#N)c1ccc(F)cc1. The van der Waals surface area contributed by atoms with Crippen LogP contribution in [0, 0.1) is 28.5 Å². The van der Waals surface area contributed by atoms with Crippen LogP contribution in [0.25, 0.3) is 33.1 Å². The second-order valence-corrected chi connectivity index (χ2v) is 9.08. The summed E-state index contributed by atoms with van der Waals surface area (Å²) in [5.41, 5.74) is 7.20. The highest BCUT2D eigenvalue weighted by Gasteiger charge is 2.25. The van der Waals surface area contributed by atoms with Gasteiger partial charge in [-0.1, -0.05) is 24.3 Å². The minimum atomic E-state index is -0.773. The average molecular weight is 535 g/mol. The predicted octanol–water partition coefficient (Wildman–Crippen LogP) is 4.71. The van der Waals surface area contributed by atoms with Crippen LogP contribution in [0.15, 0.2) is 66.9 Å². The number of aryl methyl sites for hydroxylation is 1. The van der Waals surface area contributed by atoms with E-state index in [1.54, 1.807) is 48.3 Å². The molecule has 1 unspecified atom stereocenters. The minimum Gasteiger partial charge on any atom is -0.496 e. The first-order valence-corrected chi connectivity index (χ1v) is 12.3. The Morgan fingerprint density at radius 1 is 1.12 bits per heavy atom. The van der Waals surface area contributed by atoms with Crippen molar-refractivity contribution in [1.82, 2.24) is 20.2 Å². The molecule has 0 radical (unpaired) electrons. The Bertz CT molecular complexity index is 1800. The summed E-state index contributed by atoms with van der Waals surface area (Å²) in [5.74, 6) is -1.15. The highest BCUT2D eigenvalue weighted by molar-refractivity contribution is 6.11. The van der Waals surface area contributed by atoms with Gasteiger partial charge in [0.1, 0.15) is 17.3 Å². The van der Waals surface area contributed by atoms with Crippen molar-refractivity contribution in [2.45, 2.75) is 12.3 Å². The topological polar surface area (TPSA) is 126 Å². The molecule has 2 heterocycles. The van der Waals surface area contributed by atoms with Gasteiger partial charge in [-0.3, -0.25) is 19.3 Å². The Hall–Kier alpha value is -5.32. The zero-order valence-electron chi connectivity index (χ0n) is 21.7. The van der Waals surface area contributed by atoms with E-state index in [1.807, 2.05) is 31.3 Å². The number of pyridine rings is 1. The van der Waals surface area contributed by atoms with Gasteiger partial charge in [-0.15, -0.1) is 0 Å². The maximum absolute atomic E-state index is 13.7. The van der Waals surface area contributed by atoms with Gasteiger partial charge in [0.2, 0.25) is 0 Å². The van der Waals surface area contributed by atoms with Crippen LogP contribution in [0.2, 0.25) is 0 Å². The van der Waals surface area contributed by atoms with Gasteiger partial charge in [-0.25, -0.2) is 9.87 Å². The van der Waals surface area contributed by atoms with E-state index in [4.69, 9.17) is 19.9 Å². The Kier molecular flexibility index (Phi) is 7.36. The van der Waals surface area contributed by atoms with Crippen molar-refractivity contribution < 1.29 is 18.8 Å². The van der Waals surface area contributed by atoms with Crippen molar-refractivity contribution in [1.29, 1.82) is 10.5 Å². The molecular weight excluding hydrogens is 511 g/mol. The third-order valence-electron chi connectivity index (χ3n) is 6.70. The number of halogens is 1. The van der Waals surface area contributed by atoms with E-state index in [0.717, 1.165) is 27.5 Å². The average Bonchev–Trinajstić information content (AvgIpc) is 3.32. The molecule has 0 aliphatic heterocycles. The Balaban J connectivity index is 1.65. The number of fused-ring (bicyclic) bond motifs is 3. The summed E-state index contributed by atoms with van der Waals surface area (Å²) in [7, 11) is 3.38. The lowest BCUT2D eigenvalue weighted by Crippen LogP contribution is -2.31. The van der Waals surface area contributed by atoms with E-state index in [-0.39, 0.29) is 13.0 Å². The number of ether oxygens (including phenoxy) is 1. The summed E-state index contributed by atoms with van der Waals surface area (Å²) >= 11 is 0. The van der Waals surface area contributed by atoms with Crippen molar-refractivity contribution in [2.75, 3.05) is 13.7 Å². The Labute approximate surface area is 228 Å². The lowest BCUT2D eigenvalue weighted by atomic mass is 9.90. The number of methoxy groups -OCH3 is 1. The van der Waals surface area contributed by atoms with Gasteiger partial charge in [0.25, 0.3) is 5.91 Å². The summed E-state index contributed by atoms with van der Waals surface area (Å²) in [6.07, 6.45) is 1.94. The number of carbonyl (C=O) groups is 1. The smallest absolute Gasteiger partial charge is 0.251 e. The van der Waals surface area contributed by atoms with Crippen LogP contribution in [0.4, 0.5) is 4.39 Å². The molecule has 5 aromatic rings. The van der Waals surface area contributed by atoms with E-state index >= 15 is 0 Å². The van der Waals surface area contributed by atoms with Crippen molar-refractivity contribution in [3.63, 3.8) is 0 Å². The van der Waals surface area contributed by atoms with E-state index in [2.05, 4.69) is 16.5 Å². The van der Waals surface area contributed by atoms with E-state index in [9.17, 15) is 14.4 Å². The second kappa shape index (κ2) is 11.2. The quantitative estimate of drug-likeness (QED) is 0.226. The van der Waals surface area contributed by atoms with Gasteiger partial charge in [0.05, 0.1) is 48.0 Å². The summed E-state index contributed by atoms with van der Waals surface area (Å²) in [4.78, 5) is 22.8. The van der Waals surface area contributed by atoms with Gasteiger partial charge < -0.3 is 4.74 Å². The van der Waals surface area contributed by atoms with Crippen LogP contribution in [0.3, 0.4) is 0 Å². The molecule has 0 bridgehead atoms. The molecule has 1 amide bonds. The Morgan fingerprint density at radius 2 is 1.88 bits per heavy atom. The van der Waals surface area contributed by atoms with Crippen LogP contribution in [-0.2, 0) is 23.1 Å². The second-order valence-electron chi connectivity index (χ2n) is 9.08. The molecule has 10 heteroatoms. The van der Waals surface area contributed by atoms with Gasteiger partial charge in [0.15, 0.2) is 6.61 Å². The number of hydrogen-bond donors (Lipinski definition) is 1. The molecule has 0 saturated carbocycles. The molecule has 198 valence electrons. The lowest BCUT2D eigenvalue weighted by Gasteiger charge is -2.19. The lowest BCUT2D eigenvalue weighted by molar-refractivity contribution is -0.134. The third kappa shape index (κ3) is 5.04. The van der Waals surface area contributed by atoms with Crippen molar-refractivity contribution in [2.24, 2.45) is 7.05 Å². The number of aromatic nitrogens is 3. The molecular formula is C30H23FN6O3. The van der Waals surface area contributed by atoms with Crippen LogP contribution in [0.5, 0.6) is 5.75 Å². The van der Waals surface area contributed by atoms with Crippen LogP contribution < -0.4 is 10.2 Å². The molecule has 0 aliphatic rings. The number of nitrogens with zero attached hydrogens (tertiary/aromatic N) is 5. The summed E-state index contributed by atoms with van der Waals surface area (Å²) in [5, 5.41) is 24.4. The molecule has 1 atom stereocenters. The van der Waals surface area contributed by atoms with Crippen LogP contribution in [0.1, 0.15) is 22.6 Å². The maximum atomic E-state index is 13.7. The zero-order chi connectivity index (χ0) is 28.2. The first kappa shape index (κ1) is 26.3. The molecule has 40 heavy (non-hydrogen) atoms. The molecule has 2 aromatic heterocycles. The number of rotatable bonds is 8. The molecule has 9 nitrogen and oxygen atoms in total. The van der Waals surface area contributed by atoms with Crippen molar-refractivity contribution in [3.8, 4) is 29.1 Å². The van der Waals surface area contributed by atoms with Gasteiger partial charge >= 0.3 is 0 Å². The number of nitriles is 2. The van der Waals surface area contributed by atoms with Crippen molar-refractivity contribution >= 4 is 27.7 Å². The molecule has 5 rings (SSSR count). The Morgan fingerprint density at radius 3 is 2.55 bits per heavy atom. The number of benzene rings is 3. The van der Waals surface area contributed by atoms with E-state index in [0.29, 0.717) is 28.0 Å². The van der Waals surface area contributed by atoms with Gasteiger partial charge in [-0.2, -0.15) is 15.6 Å². The highest BCUT2D eigenvalue weighted by Crippen LogP contribution is 2.37. The summed E-state index contributed by atoms with van der Waals surface area (Å²) in [6.45, 7) is -0.316. The number of nitrogens with one attached hydrogen (secondary N) is 1. The fraction of sp³-hybridized carbons (Fsp3) is 0.167. The zero-order valence-corrected chi connectivity index (χ0v) is 21.7. The fourth-order valence-electron chi connectivity index (χ4n) is 4.74. The highest BCUT2D eigenvalue weighted by atomic mass is 19.1. The van der Waals surface area contributed by atoms with E-state index < -0.39 is 17.6 Å². The number of carbonyl (C=O) groups excluding carboxylic acids is 1. The van der Waals surface area contributed by atoms with Gasteiger partial charge in [0, 0.05) is 29.4 Å². The standard InChI is InChI=1S/C30H23FN6O3/c1-37-26-17-34-25-15-27(39-2)21(13-23(30(38)36-40-12-11-32)19-7-9-22(31)10-8-19)14-24(25)28(26)29(35-37)20-5-3-18(16-33)4-6-20/h3-10,14-15,17,23H,12-13H2,1-2H3,(H,36,38). The molecule has 1 N–H and O–H groups in total. The molecule has 0 spiro atoms. The van der Waals surface area contributed by atoms with Crippen LogP contribution in [-0.4, -0.2) is 34.4 Å². The first-order chi connectivity index (χ1) is 19.4. The van der Waals surface area contributed by atoms with Crippen LogP contribution >= 0.6 is 0 Å². The number of hydrogen-bond acceptors (Lipinski definition) is 7.